The highest BCUT2D eigenvalue weighted by Crippen LogP contribution is 2.32. The summed E-state index contributed by atoms with van der Waals surface area (Å²) in [5.74, 6) is 1.16. The lowest BCUT2D eigenvalue weighted by Gasteiger charge is -2.38. The van der Waals surface area contributed by atoms with Crippen LogP contribution in [0.15, 0.2) is 24.3 Å². The summed E-state index contributed by atoms with van der Waals surface area (Å²) in [5.41, 5.74) is 13.1. The van der Waals surface area contributed by atoms with Gasteiger partial charge < -0.3 is 11.5 Å². The smallest absolute Gasteiger partial charge is 0.231 e. The third-order valence-electron chi connectivity index (χ3n) is 4.39. The Bertz CT molecular complexity index is 461. The number of amides is 1. The van der Waals surface area contributed by atoms with Gasteiger partial charge in [-0.25, -0.2) is 0 Å². The van der Waals surface area contributed by atoms with Crippen molar-refractivity contribution in [2.75, 3.05) is 12.3 Å². The molecule has 21 heavy (non-hydrogen) atoms. The lowest BCUT2D eigenvalue weighted by atomic mass is 9.79. The largest absolute Gasteiger partial charge is 0.399 e. The molecule has 2 rings (SSSR count). The fourth-order valence-corrected chi connectivity index (χ4v) is 3.57. The van der Waals surface area contributed by atoms with Gasteiger partial charge in [-0.3, -0.25) is 9.69 Å². The second kappa shape index (κ2) is 6.94. The molecule has 0 saturated heterocycles. The molecule has 4 N–H and O–H groups in total. The molecule has 1 aromatic rings. The predicted molar refractivity (Wildman–Crippen MR) is 86.4 cm³/mol. The quantitative estimate of drug-likeness (QED) is 0.817. The number of nitrogen functional groups attached to an aromatic ring is 1. The van der Waals surface area contributed by atoms with Crippen LogP contribution in [0.4, 0.5) is 5.69 Å². The normalized spacial score (nSPS) is 26.0. The number of hydrogen-bond acceptors (Lipinski definition) is 3. The number of carbonyl (C=O) groups excluding carboxylic acids is 1. The third kappa shape index (κ3) is 4.74. The summed E-state index contributed by atoms with van der Waals surface area (Å²) < 4.78 is 0. The summed E-state index contributed by atoms with van der Waals surface area (Å²) in [5, 5.41) is 0. The minimum atomic E-state index is -0.253. The van der Waals surface area contributed by atoms with E-state index >= 15 is 0 Å². The Morgan fingerprint density at radius 2 is 1.71 bits per heavy atom. The molecule has 1 amide bonds. The van der Waals surface area contributed by atoms with E-state index in [2.05, 4.69) is 18.7 Å². The molecule has 1 fully saturated rings. The van der Waals surface area contributed by atoms with Crippen molar-refractivity contribution in [3.8, 4) is 0 Å². The van der Waals surface area contributed by atoms with E-state index in [0.717, 1.165) is 25.1 Å². The molecule has 1 aliphatic rings. The van der Waals surface area contributed by atoms with Crippen molar-refractivity contribution in [2.24, 2.45) is 17.6 Å². The Balaban J connectivity index is 2.09. The van der Waals surface area contributed by atoms with E-state index in [1.807, 2.05) is 24.3 Å². The number of benzene rings is 1. The van der Waals surface area contributed by atoms with Gasteiger partial charge in [-0.15, -0.1) is 0 Å². The van der Waals surface area contributed by atoms with Crippen LogP contribution < -0.4 is 11.5 Å². The van der Waals surface area contributed by atoms with Gasteiger partial charge in [0.05, 0.1) is 6.54 Å². The van der Waals surface area contributed by atoms with Gasteiger partial charge in [0, 0.05) is 18.3 Å². The van der Waals surface area contributed by atoms with Crippen molar-refractivity contribution in [3.63, 3.8) is 0 Å². The summed E-state index contributed by atoms with van der Waals surface area (Å²) in [6.07, 6.45) is 3.57. The topological polar surface area (TPSA) is 72.3 Å². The minimum Gasteiger partial charge on any atom is -0.399 e. The molecule has 1 saturated carbocycles. The van der Waals surface area contributed by atoms with Crippen molar-refractivity contribution >= 4 is 11.6 Å². The van der Waals surface area contributed by atoms with Gasteiger partial charge >= 0.3 is 0 Å². The number of rotatable bonds is 5. The molecule has 1 aliphatic carbocycles. The van der Waals surface area contributed by atoms with Crippen LogP contribution in [-0.4, -0.2) is 23.4 Å². The Hall–Kier alpha value is -1.55. The van der Waals surface area contributed by atoms with Crippen molar-refractivity contribution < 1.29 is 4.79 Å². The van der Waals surface area contributed by atoms with Crippen LogP contribution in [0.5, 0.6) is 0 Å². The summed E-state index contributed by atoms with van der Waals surface area (Å²) in [4.78, 5) is 13.7. The summed E-state index contributed by atoms with van der Waals surface area (Å²) >= 11 is 0. The SMILES string of the molecule is CC1CC(C)CC(N(CC(N)=O)Cc2ccc(N)cc2)C1. The second-order valence-electron chi connectivity index (χ2n) is 6.68. The maximum atomic E-state index is 11.4. The fourth-order valence-electron chi connectivity index (χ4n) is 3.57. The molecule has 4 heteroatoms. The van der Waals surface area contributed by atoms with Crippen LogP contribution in [-0.2, 0) is 11.3 Å². The van der Waals surface area contributed by atoms with Crippen LogP contribution in [0, 0.1) is 11.8 Å². The van der Waals surface area contributed by atoms with E-state index < -0.39 is 0 Å². The molecular weight excluding hydrogens is 262 g/mol. The summed E-state index contributed by atoms with van der Waals surface area (Å²) in [6.45, 7) is 5.68. The number of nitrogens with two attached hydrogens (primary N) is 2. The minimum absolute atomic E-state index is 0.253. The van der Waals surface area contributed by atoms with Gasteiger partial charge in [-0.05, 0) is 48.8 Å². The highest BCUT2D eigenvalue weighted by molar-refractivity contribution is 5.76. The fraction of sp³-hybridized carbons (Fsp3) is 0.588. The number of carbonyl (C=O) groups is 1. The zero-order valence-electron chi connectivity index (χ0n) is 13.1. The number of hydrogen-bond donors (Lipinski definition) is 2. The Morgan fingerprint density at radius 3 is 2.24 bits per heavy atom. The van der Waals surface area contributed by atoms with E-state index in [-0.39, 0.29) is 5.91 Å². The van der Waals surface area contributed by atoms with Gasteiger partial charge in [0.2, 0.25) is 5.91 Å². The van der Waals surface area contributed by atoms with Gasteiger partial charge in [0.25, 0.3) is 0 Å². The molecule has 0 aromatic heterocycles. The van der Waals surface area contributed by atoms with Crippen molar-refractivity contribution in [1.82, 2.24) is 4.90 Å². The van der Waals surface area contributed by atoms with E-state index in [1.165, 1.54) is 12.0 Å². The highest BCUT2D eigenvalue weighted by Gasteiger charge is 2.29. The molecule has 2 unspecified atom stereocenters. The Labute approximate surface area is 127 Å². The van der Waals surface area contributed by atoms with E-state index in [1.54, 1.807) is 0 Å². The molecule has 0 radical (unpaired) electrons. The monoisotopic (exact) mass is 289 g/mol. The second-order valence-corrected chi connectivity index (χ2v) is 6.68. The molecular formula is C17H27N3O. The lowest BCUT2D eigenvalue weighted by molar-refractivity contribution is -0.120. The zero-order valence-corrected chi connectivity index (χ0v) is 13.1. The number of primary amides is 1. The maximum absolute atomic E-state index is 11.4. The number of anilines is 1. The van der Waals surface area contributed by atoms with Crippen LogP contribution in [0.3, 0.4) is 0 Å². The Kier molecular flexibility index (Phi) is 5.23. The van der Waals surface area contributed by atoms with Crippen LogP contribution in [0.2, 0.25) is 0 Å². The van der Waals surface area contributed by atoms with Crippen LogP contribution in [0.25, 0.3) is 0 Å². The van der Waals surface area contributed by atoms with Crippen molar-refractivity contribution in [1.29, 1.82) is 0 Å². The first kappa shape index (κ1) is 15.8. The molecule has 4 nitrogen and oxygen atoms in total. The van der Waals surface area contributed by atoms with Crippen LogP contribution >= 0.6 is 0 Å². The number of nitrogens with zero attached hydrogens (tertiary/aromatic N) is 1. The predicted octanol–water partition coefficient (Wildman–Crippen LogP) is 2.38. The van der Waals surface area contributed by atoms with Crippen molar-refractivity contribution in [3.05, 3.63) is 29.8 Å². The van der Waals surface area contributed by atoms with Gasteiger partial charge in [-0.1, -0.05) is 26.0 Å². The maximum Gasteiger partial charge on any atom is 0.231 e. The van der Waals surface area contributed by atoms with Crippen molar-refractivity contribution in [2.45, 2.75) is 45.7 Å². The third-order valence-corrected chi connectivity index (χ3v) is 4.39. The Morgan fingerprint density at radius 1 is 1.14 bits per heavy atom. The molecule has 1 aromatic carbocycles. The van der Waals surface area contributed by atoms with Gasteiger partial charge in [0.15, 0.2) is 0 Å². The first-order valence-corrected chi connectivity index (χ1v) is 7.80. The standard InChI is InChI=1S/C17H27N3O/c1-12-7-13(2)9-16(8-12)20(11-17(19)21)10-14-3-5-15(18)6-4-14/h3-6,12-13,16H,7-11,18H2,1-2H3,(H2,19,21). The average Bonchev–Trinajstić information content (AvgIpc) is 2.39. The molecule has 0 spiro atoms. The van der Waals surface area contributed by atoms with Gasteiger partial charge in [0.1, 0.15) is 0 Å². The zero-order chi connectivity index (χ0) is 15.4. The molecule has 0 bridgehead atoms. The average molecular weight is 289 g/mol. The molecule has 0 aliphatic heterocycles. The first-order chi connectivity index (χ1) is 9.94. The highest BCUT2D eigenvalue weighted by atomic mass is 16.1. The summed E-state index contributed by atoms with van der Waals surface area (Å²) in [7, 11) is 0. The summed E-state index contributed by atoms with van der Waals surface area (Å²) in [6, 6.07) is 8.31. The van der Waals surface area contributed by atoms with Gasteiger partial charge in [-0.2, -0.15) is 0 Å². The van der Waals surface area contributed by atoms with E-state index in [0.29, 0.717) is 24.4 Å². The van der Waals surface area contributed by atoms with Crippen LogP contribution in [0.1, 0.15) is 38.7 Å². The first-order valence-electron chi connectivity index (χ1n) is 7.80. The van der Waals surface area contributed by atoms with E-state index in [4.69, 9.17) is 11.5 Å². The lowest BCUT2D eigenvalue weighted by Crippen LogP contribution is -2.44. The molecule has 0 heterocycles. The van der Waals surface area contributed by atoms with E-state index in [9.17, 15) is 4.79 Å². The molecule has 116 valence electrons. The molecule has 2 atom stereocenters.